The van der Waals surface area contributed by atoms with Crippen molar-refractivity contribution in [2.24, 2.45) is 18.7 Å². The molecule has 2 unspecified atom stereocenters. The number of hydrogen-bond donors (Lipinski definition) is 1. The average molecular weight is 221 g/mol. The maximum Gasteiger partial charge on any atom is 0.0642 e. The van der Waals surface area contributed by atoms with Gasteiger partial charge in [-0.15, -0.1) is 0 Å². The van der Waals surface area contributed by atoms with Crippen molar-refractivity contribution in [3.63, 3.8) is 0 Å². The molecule has 0 aliphatic heterocycles. The third-order valence-electron chi connectivity index (χ3n) is 3.81. The van der Waals surface area contributed by atoms with Crippen LogP contribution in [-0.4, -0.2) is 15.3 Å². The van der Waals surface area contributed by atoms with Crippen LogP contribution in [0, 0.1) is 5.92 Å². The van der Waals surface area contributed by atoms with Crippen LogP contribution in [0.15, 0.2) is 12.3 Å². The molecule has 3 heteroatoms. The van der Waals surface area contributed by atoms with Crippen molar-refractivity contribution in [3.8, 4) is 0 Å². The van der Waals surface area contributed by atoms with Crippen molar-refractivity contribution < 1.29 is 0 Å². The summed E-state index contributed by atoms with van der Waals surface area (Å²) in [6, 6.07) is 2.09. The second kappa shape index (κ2) is 4.58. The van der Waals surface area contributed by atoms with Crippen LogP contribution in [0.1, 0.15) is 44.7 Å². The Morgan fingerprint density at radius 1 is 1.50 bits per heavy atom. The first-order chi connectivity index (χ1) is 7.57. The number of nitrogens with zero attached hydrogens (tertiary/aromatic N) is 2. The predicted molar refractivity (Wildman–Crippen MR) is 66.1 cm³/mol. The topological polar surface area (TPSA) is 43.8 Å². The van der Waals surface area contributed by atoms with E-state index < -0.39 is 0 Å². The van der Waals surface area contributed by atoms with Crippen molar-refractivity contribution in [1.82, 2.24) is 9.78 Å². The standard InChI is InChI=1S/C13H23N3/c1-11-4-3-7-13(14,8-5-11)10-12-6-9-16(2)15-12/h6,9,11H,3-5,7-8,10,14H2,1-2H3. The van der Waals surface area contributed by atoms with Crippen molar-refractivity contribution in [2.75, 3.05) is 0 Å². The third kappa shape index (κ3) is 2.85. The van der Waals surface area contributed by atoms with E-state index in [1.54, 1.807) is 0 Å². The SMILES string of the molecule is CC1CCCC(N)(Cc2ccn(C)n2)CC1. The van der Waals surface area contributed by atoms with Crippen LogP contribution < -0.4 is 5.73 Å². The predicted octanol–water partition coefficient (Wildman–Crippen LogP) is 2.26. The van der Waals surface area contributed by atoms with E-state index in [1.807, 2.05) is 17.9 Å². The summed E-state index contributed by atoms with van der Waals surface area (Å²) in [7, 11) is 1.96. The Hall–Kier alpha value is -0.830. The van der Waals surface area contributed by atoms with Gasteiger partial charge < -0.3 is 5.73 Å². The molecule has 1 fully saturated rings. The minimum absolute atomic E-state index is 0.0148. The van der Waals surface area contributed by atoms with Gasteiger partial charge in [-0.1, -0.05) is 19.8 Å². The summed E-state index contributed by atoms with van der Waals surface area (Å²) in [5.41, 5.74) is 7.64. The van der Waals surface area contributed by atoms with E-state index in [9.17, 15) is 0 Å². The monoisotopic (exact) mass is 221 g/mol. The number of aromatic nitrogens is 2. The van der Waals surface area contributed by atoms with Crippen LogP contribution in [-0.2, 0) is 13.5 Å². The number of hydrogen-bond acceptors (Lipinski definition) is 2. The molecule has 0 radical (unpaired) electrons. The van der Waals surface area contributed by atoms with Gasteiger partial charge in [0.05, 0.1) is 5.69 Å². The molecule has 1 saturated carbocycles. The second-order valence-corrected chi connectivity index (χ2v) is 5.56. The summed E-state index contributed by atoms with van der Waals surface area (Å²) in [5.74, 6) is 0.842. The molecule has 16 heavy (non-hydrogen) atoms. The molecule has 0 bridgehead atoms. The number of nitrogens with two attached hydrogens (primary N) is 1. The minimum Gasteiger partial charge on any atom is -0.325 e. The second-order valence-electron chi connectivity index (χ2n) is 5.56. The van der Waals surface area contributed by atoms with Gasteiger partial charge in [0.1, 0.15) is 0 Å². The average Bonchev–Trinajstić information content (AvgIpc) is 2.53. The zero-order valence-corrected chi connectivity index (χ0v) is 10.4. The van der Waals surface area contributed by atoms with Gasteiger partial charge >= 0.3 is 0 Å². The van der Waals surface area contributed by atoms with E-state index in [0.29, 0.717) is 0 Å². The zero-order chi connectivity index (χ0) is 11.6. The Kier molecular flexibility index (Phi) is 3.33. The molecular formula is C13H23N3. The van der Waals surface area contributed by atoms with Gasteiger partial charge in [-0.05, 0) is 31.2 Å². The van der Waals surface area contributed by atoms with Gasteiger partial charge in [0.15, 0.2) is 0 Å². The molecular weight excluding hydrogens is 198 g/mol. The maximum absolute atomic E-state index is 6.51. The summed E-state index contributed by atoms with van der Waals surface area (Å²) in [6.07, 6.45) is 9.09. The van der Waals surface area contributed by atoms with Gasteiger partial charge in [0, 0.05) is 25.2 Å². The van der Waals surface area contributed by atoms with E-state index in [1.165, 1.54) is 19.3 Å². The highest BCUT2D eigenvalue weighted by Crippen LogP contribution is 2.30. The van der Waals surface area contributed by atoms with Crippen LogP contribution in [0.4, 0.5) is 0 Å². The molecule has 2 atom stereocenters. The van der Waals surface area contributed by atoms with Gasteiger partial charge in [-0.25, -0.2) is 0 Å². The normalized spacial score (nSPS) is 31.3. The lowest BCUT2D eigenvalue weighted by Gasteiger charge is -2.27. The van der Waals surface area contributed by atoms with Crippen LogP contribution >= 0.6 is 0 Å². The van der Waals surface area contributed by atoms with Crippen molar-refractivity contribution in [1.29, 1.82) is 0 Å². The summed E-state index contributed by atoms with van der Waals surface area (Å²) in [5, 5.41) is 4.44. The van der Waals surface area contributed by atoms with Crippen molar-refractivity contribution >= 4 is 0 Å². The van der Waals surface area contributed by atoms with Crippen molar-refractivity contribution in [2.45, 2.75) is 51.0 Å². The Bertz CT molecular complexity index is 345. The molecule has 1 heterocycles. The molecule has 0 spiro atoms. The van der Waals surface area contributed by atoms with Gasteiger partial charge in [0.2, 0.25) is 0 Å². The summed E-state index contributed by atoms with van der Waals surface area (Å²) in [6.45, 7) is 2.34. The highest BCUT2D eigenvalue weighted by molar-refractivity contribution is 5.06. The molecule has 1 aromatic heterocycles. The van der Waals surface area contributed by atoms with Gasteiger partial charge in [-0.2, -0.15) is 5.10 Å². The summed E-state index contributed by atoms with van der Waals surface area (Å²) >= 11 is 0. The smallest absolute Gasteiger partial charge is 0.0642 e. The maximum atomic E-state index is 6.51. The molecule has 1 aliphatic rings. The highest BCUT2D eigenvalue weighted by atomic mass is 15.2. The molecule has 0 saturated heterocycles. The van der Waals surface area contributed by atoms with Gasteiger partial charge in [-0.3, -0.25) is 4.68 Å². The van der Waals surface area contributed by atoms with Crippen LogP contribution in [0.5, 0.6) is 0 Å². The third-order valence-corrected chi connectivity index (χ3v) is 3.81. The first-order valence-electron chi connectivity index (χ1n) is 6.35. The molecule has 0 aromatic carbocycles. The van der Waals surface area contributed by atoms with Crippen molar-refractivity contribution in [3.05, 3.63) is 18.0 Å². The van der Waals surface area contributed by atoms with Crippen LogP contribution in [0.3, 0.4) is 0 Å². The minimum atomic E-state index is -0.0148. The number of rotatable bonds is 2. The lowest BCUT2D eigenvalue weighted by molar-refractivity contribution is 0.359. The molecule has 1 aromatic rings. The number of aryl methyl sites for hydroxylation is 1. The van der Waals surface area contributed by atoms with E-state index >= 15 is 0 Å². The lowest BCUT2D eigenvalue weighted by atomic mass is 9.86. The fourth-order valence-electron chi connectivity index (χ4n) is 2.70. The lowest BCUT2D eigenvalue weighted by Crippen LogP contribution is -2.41. The fraction of sp³-hybridized carbons (Fsp3) is 0.769. The van der Waals surface area contributed by atoms with Crippen LogP contribution in [0.2, 0.25) is 0 Å². The Morgan fingerprint density at radius 2 is 2.31 bits per heavy atom. The Labute approximate surface area is 98.0 Å². The highest BCUT2D eigenvalue weighted by Gasteiger charge is 2.29. The largest absolute Gasteiger partial charge is 0.325 e. The Balaban J connectivity index is 2.01. The first kappa shape index (κ1) is 11.6. The first-order valence-corrected chi connectivity index (χ1v) is 6.35. The molecule has 1 aliphatic carbocycles. The molecule has 2 N–H and O–H groups in total. The van der Waals surface area contributed by atoms with Crippen LogP contribution in [0.25, 0.3) is 0 Å². The van der Waals surface area contributed by atoms with E-state index in [-0.39, 0.29) is 5.54 Å². The van der Waals surface area contributed by atoms with E-state index in [4.69, 9.17) is 5.73 Å². The quantitative estimate of drug-likeness (QED) is 0.778. The molecule has 0 amide bonds. The molecule has 90 valence electrons. The molecule has 3 nitrogen and oxygen atoms in total. The zero-order valence-electron chi connectivity index (χ0n) is 10.4. The van der Waals surface area contributed by atoms with E-state index in [2.05, 4.69) is 18.1 Å². The molecule has 2 rings (SSSR count). The van der Waals surface area contributed by atoms with Gasteiger partial charge in [0.25, 0.3) is 0 Å². The fourth-order valence-corrected chi connectivity index (χ4v) is 2.70. The summed E-state index contributed by atoms with van der Waals surface area (Å²) < 4.78 is 1.86. The van der Waals surface area contributed by atoms with E-state index in [0.717, 1.165) is 30.9 Å². The summed E-state index contributed by atoms with van der Waals surface area (Å²) in [4.78, 5) is 0. The Morgan fingerprint density at radius 3 is 3.00 bits per heavy atom.